The topological polar surface area (TPSA) is 29.3 Å². The van der Waals surface area contributed by atoms with Gasteiger partial charge in [0.1, 0.15) is 5.82 Å². The average molecular weight is 224 g/mol. The van der Waals surface area contributed by atoms with Crippen LogP contribution in [-0.4, -0.2) is 24.5 Å². The van der Waals surface area contributed by atoms with Gasteiger partial charge in [-0.15, -0.1) is 0 Å². The van der Waals surface area contributed by atoms with E-state index in [1.54, 1.807) is 6.07 Å². The normalized spacial score (nSPS) is 13.1. The van der Waals surface area contributed by atoms with Crippen LogP contribution in [0.15, 0.2) is 18.2 Å². The number of aryl methyl sites for hydroxylation is 1. The highest BCUT2D eigenvalue weighted by Gasteiger charge is 2.13. The van der Waals surface area contributed by atoms with E-state index in [9.17, 15) is 4.39 Å². The lowest BCUT2D eigenvalue weighted by molar-refractivity contribution is 0.250. The Hall–Kier alpha value is -0.930. The highest BCUT2D eigenvalue weighted by atomic mass is 19.1. The number of nitrogens with two attached hydrogens (primary N) is 1. The van der Waals surface area contributed by atoms with Crippen LogP contribution >= 0.6 is 0 Å². The first kappa shape index (κ1) is 13.1. The zero-order valence-electron chi connectivity index (χ0n) is 10.3. The van der Waals surface area contributed by atoms with Gasteiger partial charge in [0.2, 0.25) is 0 Å². The number of rotatable bonds is 5. The maximum Gasteiger partial charge on any atom is 0.127 e. The summed E-state index contributed by atoms with van der Waals surface area (Å²) in [5.74, 6) is -0.115. The molecule has 0 heterocycles. The number of hydrogen-bond donors (Lipinski definition) is 1. The molecule has 2 nitrogen and oxygen atoms in total. The molecule has 1 aromatic rings. The van der Waals surface area contributed by atoms with Gasteiger partial charge in [-0.25, -0.2) is 4.39 Å². The fraction of sp³-hybridized carbons (Fsp3) is 0.538. The molecule has 0 fully saturated rings. The van der Waals surface area contributed by atoms with Crippen molar-refractivity contribution in [2.75, 3.05) is 13.6 Å². The molecule has 1 aromatic carbocycles. The standard InChI is InChI=1S/C13H21FN2/c1-4-11-6-5-7-13(14)12(11)9-16(3)10(2)8-15/h5-7,10H,4,8-9,15H2,1-3H3. The maximum atomic E-state index is 13.7. The molecule has 1 rings (SSSR count). The Morgan fingerprint density at radius 1 is 1.44 bits per heavy atom. The third-order valence-corrected chi connectivity index (χ3v) is 3.10. The summed E-state index contributed by atoms with van der Waals surface area (Å²) in [7, 11) is 1.98. The molecule has 90 valence electrons. The van der Waals surface area contributed by atoms with E-state index in [1.807, 2.05) is 27.0 Å². The summed E-state index contributed by atoms with van der Waals surface area (Å²) in [6, 6.07) is 5.54. The van der Waals surface area contributed by atoms with Crippen molar-refractivity contribution in [2.45, 2.75) is 32.9 Å². The summed E-state index contributed by atoms with van der Waals surface area (Å²) < 4.78 is 13.7. The molecule has 0 radical (unpaired) electrons. The summed E-state index contributed by atoms with van der Waals surface area (Å²) in [4.78, 5) is 2.08. The van der Waals surface area contributed by atoms with E-state index in [1.165, 1.54) is 6.07 Å². The molecular weight excluding hydrogens is 203 g/mol. The third kappa shape index (κ3) is 3.03. The zero-order valence-corrected chi connectivity index (χ0v) is 10.3. The molecule has 0 aliphatic rings. The Kier molecular flexibility index (Phi) is 4.90. The monoisotopic (exact) mass is 224 g/mol. The van der Waals surface area contributed by atoms with Crippen molar-refractivity contribution < 1.29 is 4.39 Å². The molecule has 0 aromatic heterocycles. The van der Waals surface area contributed by atoms with Crippen molar-refractivity contribution in [1.82, 2.24) is 4.90 Å². The number of hydrogen-bond acceptors (Lipinski definition) is 2. The number of nitrogens with zero attached hydrogens (tertiary/aromatic N) is 1. The molecule has 0 spiro atoms. The zero-order chi connectivity index (χ0) is 12.1. The second-order valence-electron chi connectivity index (χ2n) is 4.23. The van der Waals surface area contributed by atoms with Crippen LogP contribution in [0.2, 0.25) is 0 Å². The molecule has 0 aliphatic heterocycles. The predicted molar refractivity (Wildman–Crippen MR) is 65.8 cm³/mol. The first-order valence-corrected chi connectivity index (χ1v) is 5.76. The quantitative estimate of drug-likeness (QED) is 0.830. The van der Waals surface area contributed by atoms with Crippen LogP contribution in [0, 0.1) is 5.82 Å². The van der Waals surface area contributed by atoms with E-state index in [0.29, 0.717) is 13.1 Å². The molecule has 16 heavy (non-hydrogen) atoms. The minimum atomic E-state index is -0.115. The lowest BCUT2D eigenvalue weighted by atomic mass is 10.0. The highest BCUT2D eigenvalue weighted by Crippen LogP contribution is 2.16. The summed E-state index contributed by atoms with van der Waals surface area (Å²) >= 11 is 0. The van der Waals surface area contributed by atoms with E-state index in [0.717, 1.165) is 17.5 Å². The maximum absolute atomic E-state index is 13.7. The van der Waals surface area contributed by atoms with Gasteiger partial charge in [-0.1, -0.05) is 19.1 Å². The summed E-state index contributed by atoms with van der Waals surface area (Å²) in [6.07, 6.45) is 0.859. The Balaban J connectivity index is 2.87. The second kappa shape index (κ2) is 5.97. The minimum Gasteiger partial charge on any atom is -0.329 e. The number of benzene rings is 1. The molecule has 2 N–H and O–H groups in total. The van der Waals surface area contributed by atoms with Gasteiger partial charge in [0, 0.05) is 24.7 Å². The second-order valence-corrected chi connectivity index (χ2v) is 4.23. The number of likely N-dealkylation sites (N-methyl/N-ethyl adjacent to an activating group) is 1. The van der Waals surface area contributed by atoms with Crippen molar-refractivity contribution in [3.63, 3.8) is 0 Å². The Morgan fingerprint density at radius 3 is 2.69 bits per heavy atom. The van der Waals surface area contributed by atoms with Crippen LogP contribution in [0.1, 0.15) is 25.0 Å². The van der Waals surface area contributed by atoms with Gasteiger partial charge < -0.3 is 5.73 Å². The van der Waals surface area contributed by atoms with E-state index < -0.39 is 0 Å². The fourth-order valence-electron chi connectivity index (χ4n) is 1.70. The van der Waals surface area contributed by atoms with Crippen LogP contribution in [0.25, 0.3) is 0 Å². The van der Waals surface area contributed by atoms with Gasteiger partial charge in [0.15, 0.2) is 0 Å². The van der Waals surface area contributed by atoms with Gasteiger partial charge in [0.05, 0.1) is 0 Å². The molecule has 1 unspecified atom stereocenters. The summed E-state index contributed by atoms with van der Waals surface area (Å²) in [5.41, 5.74) is 7.48. The van der Waals surface area contributed by atoms with Crippen molar-refractivity contribution in [3.8, 4) is 0 Å². The molecule has 0 amide bonds. The van der Waals surface area contributed by atoms with Crippen molar-refractivity contribution in [1.29, 1.82) is 0 Å². The van der Waals surface area contributed by atoms with Crippen molar-refractivity contribution in [3.05, 3.63) is 35.1 Å². The lowest BCUT2D eigenvalue weighted by Crippen LogP contribution is -2.35. The molecule has 0 saturated carbocycles. The smallest absolute Gasteiger partial charge is 0.127 e. The van der Waals surface area contributed by atoms with Gasteiger partial charge >= 0.3 is 0 Å². The number of halogens is 1. The van der Waals surface area contributed by atoms with Crippen molar-refractivity contribution in [2.24, 2.45) is 5.73 Å². The van der Waals surface area contributed by atoms with Gasteiger partial charge in [-0.05, 0) is 32.0 Å². The summed E-state index contributed by atoms with van der Waals surface area (Å²) in [5, 5.41) is 0. The van der Waals surface area contributed by atoms with Crippen LogP contribution < -0.4 is 5.73 Å². The molecule has 3 heteroatoms. The Bertz CT molecular complexity index is 339. The van der Waals surface area contributed by atoms with Crippen LogP contribution in [0.3, 0.4) is 0 Å². The lowest BCUT2D eigenvalue weighted by Gasteiger charge is -2.24. The first-order valence-electron chi connectivity index (χ1n) is 5.76. The first-order chi connectivity index (χ1) is 7.60. The van der Waals surface area contributed by atoms with Crippen molar-refractivity contribution >= 4 is 0 Å². The molecule has 1 atom stereocenters. The van der Waals surface area contributed by atoms with Crippen LogP contribution in [0.5, 0.6) is 0 Å². The molecular formula is C13H21FN2. The van der Waals surface area contributed by atoms with Gasteiger partial charge in [-0.3, -0.25) is 4.90 Å². The van der Waals surface area contributed by atoms with Gasteiger partial charge in [0.25, 0.3) is 0 Å². The molecule has 0 bridgehead atoms. The Morgan fingerprint density at radius 2 is 2.12 bits per heavy atom. The largest absolute Gasteiger partial charge is 0.329 e. The van der Waals surface area contributed by atoms with E-state index in [2.05, 4.69) is 4.90 Å². The van der Waals surface area contributed by atoms with Crippen LogP contribution in [0.4, 0.5) is 4.39 Å². The van der Waals surface area contributed by atoms with Crippen LogP contribution in [-0.2, 0) is 13.0 Å². The minimum absolute atomic E-state index is 0.115. The van der Waals surface area contributed by atoms with E-state index in [-0.39, 0.29) is 11.9 Å². The fourth-order valence-corrected chi connectivity index (χ4v) is 1.70. The average Bonchev–Trinajstić information content (AvgIpc) is 2.30. The highest BCUT2D eigenvalue weighted by molar-refractivity contribution is 5.28. The van der Waals surface area contributed by atoms with E-state index in [4.69, 9.17) is 5.73 Å². The SMILES string of the molecule is CCc1cccc(F)c1CN(C)C(C)CN. The molecule has 0 saturated heterocycles. The predicted octanol–water partition coefficient (Wildman–Crippen LogP) is 2.17. The van der Waals surface area contributed by atoms with E-state index >= 15 is 0 Å². The third-order valence-electron chi connectivity index (χ3n) is 3.10. The Labute approximate surface area is 97.3 Å². The summed E-state index contributed by atoms with van der Waals surface area (Å²) in [6.45, 7) is 5.30. The molecule has 0 aliphatic carbocycles. The van der Waals surface area contributed by atoms with Gasteiger partial charge in [-0.2, -0.15) is 0 Å².